The van der Waals surface area contributed by atoms with E-state index in [2.05, 4.69) is 31.5 Å². The number of benzene rings is 1. The van der Waals surface area contributed by atoms with Crippen molar-refractivity contribution in [2.45, 2.75) is 25.3 Å². The van der Waals surface area contributed by atoms with Crippen LogP contribution in [0.5, 0.6) is 0 Å². The summed E-state index contributed by atoms with van der Waals surface area (Å²) in [7, 11) is 0. The van der Waals surface area contributed by atoms with Gasteiger partial charge in [-0.3, -0.25) is 9.48 Å². The number of carbonyl (C=O) groups excluding carboxylic acids is 1. The van der Waals surface area contributed by atoms with Crippen LogP contribution in [0.1, 0.15) is 18.9 Å². The predicted octanol–water partition coefficient (Wildman–Crippen LogP) is 3.58. The van der Waals surface area contributed by atoms with Gasteiger partial charge >= 0.3 is 0 Å². The number of fused-ring (bicyclic) bond motifs is 1. The minimum atomic E-state index is -0.265. The number of nitrogens with one attached hydrogen (secondary N) is 1. The van der Waals surface area contributed by atoms with E-state index in [1.54, 1.807) is 21.6 Å². The Labute approximate surface area is 195 Å². The molecule has 1 saturated heterocycles. The normalized spacial score (nSPS) is 14.6. The average Bonchev–Trinajstić information content (AvgIpc) is 3.36. The standard InChI is InChI=1S/C23H21ClN8O/c1-16(33)12-31-13-19(11-26-31)27-22-28-21-20(6-3-9-32(21)29-22)30-14-23(15-30,7-8-25)17-4-2-5-18(24)10-17/h2-6,9-11,13H,7,12,14-15H2,1H3,(H,27,29). The van der Waals surface area contributed by atoms with E-state index >= 15 is 0 Å². The molecule has 0 saturated carbocycles. The third-order valence-electron chi connectivity index (χ3n) is 5.80. The molecule has 5 rings (SSSR count). The summed E-state index contributed by atoms with van der Waals surface area (Å²) in [6.07, 6.45) is 5.63. The average molecular weight is 461 g/mol. The number of pyridine rings is 1. The molecule has 10 heteroatoms. The van der Waals surface area contributed by atoms with Crippen LogP contribution in [0, 0.1) is 11.3 Å². The van der Waals surface area contributed by atoms with Crippen LogP contribution >= 0.6 is 11.6 Å². The highest BCUT2D eigenvalue weighted by atomic mass is 35.5. The van der Waals surface area contributed by atoms with E-state index in [-0.39, 0.29) is 17.7 Å². The Morgan fingerprint density at radius 3 is 2.91 bits per heavy atom. The van der Waals surface area contributed by atoms with Crippen LogP contribution in [-0.2, 0) is 16.8 Å². The van der Waals surface area contributed by atoms with Crippen LogP contribution in [0.25, 0.3) is 5.65 Å². The van der Waals surface area contributed by atoms with Crippen molar-refractivity contribution in [3.8, 4) is 6.07 Å². The molecule has 4 aromatic rings. The molecule has 0 bridgehead atoms. The Morgan fingerprint density at radius 1 is 1.30 bits per heavy atom. The fraction of sp³-hybridized carbons (Fsp3) is 0.261. The largest absolute Gasteiger partial charge is 0.366 e. The summed E-state index contributed by atoms with van der Waals surface area (Å²) in [5.41, 5.74) is 3.17. The van der Waals surface area contributed by atoms with E-state index in [9.17, 15) is 10.1 Å². The van der Waals surface area contributed by atoms with Crippen molar-refractivity contribution < 1.29 is 4.79 Å². The highest BCUT2D eigenvalue weighted by molar-refractivity contribution is 6.30. The number of hydrogen-bond acceptors (Lipinski definition) is 7. The van der Waals surface area contributed by atoms with Gasteiger partial charge in [0.1, 0.15) is 0 Å². The first-order valence-electron chi connectivity index (χ1n) is 10.5. The molecule has 1 aliphatic heterocycles. The molecule has 0 aliphatic carbocycles. The minimum absolute atomic E-state index is 0.0277. The molecule has 1 aromatic carbocycles. The molecular formula is C23H21ClN8O. The molecule has 0 radical (unpaired) electrons. The fourth-order valence-corrected chi connectivity index (χ4v) is 4.47. The summed E-state index contributed by atoms with van der Waals surface area (Å²) < 4.78 is 3.29. The first-order valence-corrected chi connectivity index (χ1v) is 10.9. The lowest BCUT2D eigenvalue weighted by atomic mass is 9.71. The number of aromatic nitrogens is 5. The molecule has 1 aliphatic rings. The third-order valence-corrected chi connectivity index (χ3v) is 6.03. The van der Waals surface area contributed by atoms with Gasteiger partial charge in [0.25, 0.3) is 0 Å². The van der Waals surface area contributed by atoms with Gasteiger partial charge in [0.2, 0.25) is 5.95 Å². The summed E-state index contributed by atoms with van der Waals surface area (Å²) in [5.74, 6) is 0.462. The van der Waals surface area contributed by atoms with Crippen LogP contribution in [0.3, 0.4) is 0 Å². The zero-order valence-electron chi connectivity index (χ0n) is 17.9. The maximum Gasteiger partial charge on any atom is 0.247 e. The molecule has 1 fully saturated rings. The summed E-state index contributed by atoms with van der Waals surface area (Å²) in [4.78, 5) is 18.2. The molecule has 9 nitrogen and oxygen atoms in total. The van der Waals surface area contributed by atoms with Gasteiger partial charge in [-0.15, -0.1) is 5.10 Å². The van der Waals surface area contributed by atoms with Crippen molar-refractivity contribution in [1.29, 1.82) is 5.26 Å². The van der Waals surface area contributed by atoms with Crippen molar-refractivity contribution in [1.82, 2.24) is 24.4 Å². The summed E-state index contributed by atoms with van der Waals surface area (Å²) >= 11 is 6.21. The topological polar surface area (TPSA) is 104 Å². The third kappa shape index (κ3) is 4.01. The number of Topliss-reactive ketones (excluding diaryl/α,β-unsaturated/α-hetero) is 1. The fourth-order valence-electron chi connectivity index (χ4n) is 4.28. The van der Waals surface area contributed by atoms with Gasteiger partial charge in [0, 0.05) is 42.3 Å². The number of nitriles is 1. The van der Waals surface area contributed by atoms with E-state index in [0.29, 0.717) is 41.8 Å². The van der Waals surface area contributed by atoms with Gasteiger partial charge in [-0.05, 0) is 36.8 Å². The number of hydrogen-bond donors (Lipinski definition) is 1. The number of ketones is 1. The molecule has 166 valence electrons. The first kappa shape index (κ1) is 21.0. The summed E-state index contributed by atoms with van der Waals surface area (Å²) in [5, 5.41) is 22.0. The highest BCUT2D eigenvalue weighted by Gasteiger charge is 2.45. The maximum absolute atomic E-state index is 11.3. The Balaban J connectivity index is 1.38. The Kier molecular flexibility index (Phi) is 5.23. The van der Waals surface area contributed by atoms with Crippen molar-refractivity contribution in [2.75, 3.05) is 23.3 Å². The predicted molar refractivity (Wildman–Crippen MR) is 125 cm³/mol. The zero-order valence-corrected chi connectivity index (χ0v) is 18.7. The maximum atomic E-state index is 11.3. The van der Waals surface area contributed by atoms with E-state index < -0.39 is 0 Å². The van der Waals surface area contributed by atoms with Crippen molar-refractivity contribution >= 4 is 40.4 Å². The minimum Gasteiger partial charge on any atom is -0.366 e. The van der Waals surface area contributed by atoms with Crippen LogP contribution in [0.2, 0.25) is 5.02 Å². The van der Waals surface area contributed by atoms with Gasteiger partial charge < -0.3 is 10.2 Å². The first-order chi connectivity index (χ1) is 16.0. The molecular weight excluding hydrogens is 440 g/mol. The Morgan fingerprint density at radius 2 is 2.15 bits per heavy atom. The number of nitrogens with zero attached hydrogens (tertiary/aromatic N) is 7. The zero-order chi connectivity index (χ0) is 23.0. The molecule has 4 heterocycles. The van der Waals surface area contributed by atoms with Gasteiger partial charge in [-0.25, -0.2) is 4.52 Å². The lowest BCUT2D eigenvalue weighted by Crippen LogP contribution is -2.59. The second kappa shape index (κ2) is 8.22. The van der Waals surface area contributed by atoms with Crippen LogP contribution < -0.4 is 10.2 Å². The van der Waals surface area contributed by atoms with Crippen LogP contribution in [-0.4, -0.2) is 43.3 Å². The second-order valence-corrected chi connectivity index (χ2v) is 8.77. The molecule has 1 N–H and O–H groups in total. The smallest absolute Gasteiger partial charge is 0.247 e. The second-order valence-electron chi connectivity index (χ2n) is 8.33. The van der Waals surface area contributed by atoms with Crippen molar-refractivity contribution in [2.24, 2.45) is 0 Å². The highest BCUT2D eigenvalue weighted by Crippen LogP contribution is 2.41. The van der Waals surface area contributed by atoms with Crippen LogP contribution in [0.15, 0.2) is 55.0 Å². The molecule has 0 atom stereocenters. The number of carbonyl (C=O) groups is 1. The molecule has 0 unspecified atom stereocenters. The molecule has 0 amide bonds. The molecule has 33 heavy (non-hydrogen) atoms. The van der Waals surface area contributed by atoms with Crippen LogP contribution in [0.4, 0.5) is 17.3 Å². The quantitative estimate of drug-likeness (QED) is 0.449. The van der Waals surface area contributed by atoms with Gasteiger partial charge in [0.15, 0.2) is 11.4 Å². The summed E-state index contributed by atoms with van der Waals surface area (Å²) in [6, 6.07) is 14.0. The summed E-state index contributed by atoms with van der Waals surface area (Å²) in [6.45, 7) is 3.12. The van der Waals surface area contributed by atoms with E-state index in [0.717, 1.165) is 11.3 Å². The Bertz CT molecular complexity index is 1380. The molecule has 0 spiro atoms. The SMILES string of the molecule is CC(=O)Cn1cc(Nc2nc3c(N4CC(CC#N)(c5cccc(Cl)c5)C4)cccn3n2)cn1. The number of rotatable bonds is 7. The van der Waals surface area contributed by atoms with E-state index in [4.69, 9.17) is 11.6 Å². The van der Waals surface area contributed by atoms with Gasteiger partial charge in [-0.1, -0.05) is 23.7 Å². The van der Waals surface area contributed by atoms with Gasteiger partial charge in [0.05, 0.1) is 30.2 Å². The Hall–Kier alpha value is -3.90. The van der Waals surface area contributed by atoms with E-state index in [1.165, 1.54) is 6.92 Å². The van der Waals surface area contributed by atoms with E-state index in [1.807, 2.05) is 42.6 Å². The monoisotopic (exact) mass is 460 g/mol. The van der Waals surface area contributed by atoms with Crippen molar-refractivity contribution in [3.63, 3.8) is 0 Å². The van der Waals surface area contributed by atoms with Crippen molar-refractivity contribution in [3.05, 3.63) is 65.6 Å². The lowest BCUT2D eigenvalue weighted by molar-refractivity contribution is -0.117. The number of anilines is 3. The number of halogens is 1. The lowest BCUT2D eigenvalue weighted by Gasteiger charge is -2.50. The van der Waals surface area contributed by atoms with Gasteiger partial charge in [-0.2, -0.15) is 15.3 Å². The molecule has 3 aromatic heterocycles.